The molecule has 7 rings (SSSR count). The average Bonchev–Trinajstić information content (AvgIpc) is 3.67. The van der Waals surface area contributed by atoms with Crippen LogP contribution in [-0.4, -0.2) is 39.1 Å². The predicted octanol–water partition coefficient (Wildman–Crippen LogP) is 8.02. The zero-order chi connectivity index (χ0) is 30.6. The fourth-order valence-corrected chi connectivity index (χ4v) is 6.48. The summed E-state index contributed by atoms with van der Waals surface area (Å²) in [5, 5.41) is 4.35. The molecule has 3 aliphatic heterocycles. The van der Waals surface area contributed by atoms with E-state index >= 15 is 0 Å². The van der Waals surface area contributed by atoms with Crippen LogP contribution in [0.2, 0.25) is 10.0 Å². The molecular formula is C35H36Cl2F2N2O4. The smallest absolute Gasteiger partial charge is 0.231 e. The summed E-state index contributed by atoms with van der Waals surface area (Å²) in [5.74, 6) is 3.07. The topological polar surface area (TPSA) is 75.0 Å². The first-order valence-corrected chi connectivity index (χ1v) is 15.3. The van der Waals surface area contributed by atoms with Crippen molar-refractivity contribution >= 4 is 23.2 Å². The summed E-state index contributed by atoms with van der Waals surface area (Å²) >= 11 is 12.4. The molecule has 45 heavy (non-hydrogen) atoms. The largest absolute Gasteiger partial charge is 0.493 e. The molecular weight excluding hydrogens is 621 g/mol. The fraction of sp³-hybridized carbons (Fsp3) is 0.314. The first-order chi connectivity index (χ1) is 21.4. The Labute approximate surface area is 272 Å². The summed E-state index contributed by atoms with van der Waals surface area (Å²) in [4.78, 5) is 0. The van der Waals surface area contributed by atoms with Crippen molar-refractivity contribution in [2.45, 2.75) is 32.3 Å². The van der Waals surface area contributed by atoms with Gasteiger partial charge in [0, 0.05) is 48.2 Å². The molecule has 238 valence electrons. The van der Waals surface area contributed by atoms with E-state index in [1.165, 1.54) is 29.8 Å². The molecule has 3 aliphatic rings. The number of hydrogen-bond donors (Lipinski definition) is 2. The Morgan fingerprint density at radius 2 is 1.67 bits per heavy atom. The van der Waals surface area contributed by atoms with E-state index in [9.17, 15) is 8.78 Å². The van der Waals surface area contributed by atoms with E-state index in [2.05, 4.69) is 5.32 Å². The van der Waals surface area contributed by atoms with E-state index in [0.29, 0.717) is 58.3 Å². The minimum atomic E-state index is -0.337. The lowest BCUT2D eigenvalue weighted by molar-refractivity contribution is 0.173. The number of nitrogens with two attached hydrogens (primary N) is 1. The van der Waals surface area contributed by atoms with Crippen LogP contribution in [0.25, 0.3) is 11.1 Å². The third-order valence-corrected chi connectivity index (χ3v) is 8.70. The van der Waals surface area contributed by atoms with Crippen molar-refractivity contribution < 1.29 is 27.7 Å². The van der Waals surface area contributed by atoms with E-state index in [0.717, 1.165) is 42.3 Å². The predicted molar refractivity (Wildman–Crippen MR) is 174 cm³/mol. The molecule has 1 fully saturated rings. The van der Waals surface area contributed by atoms with Gasteiger partial charge >= 0.3 is 0 Å². The Morgan fingerprint density at radius 1 is 0.911 bits per heavy atom. The maximum absolute atomic E-state index is 13.8. The molecule has 6 nitrogen and oxygen atoms in total. The van der Waals surface area contributed by atoms with E-state index in [-0.39, 0.29) is 32.0 Å². The van der Waals surface area contributed by atoms with Crippen molar-refractivity contribution in [3.8, 4) is 34.1 Å². The normalized spacial score (nSPS) is 19.4. The number of halogens is 4. The lowest BCUT2D eigenvalue weighted by Crippen LogP contribution is -2.38. The molecule has 0 radical (unpaired) electrons. The van der Waals surface area contributed by atoms with Crippen LogP contribution >= 0.6 is 23.2 Å². The van der Waals surface area contributed by atoms with Gasteiger partial charge in [-0.15, -0.1) is 0 Å². The molecule has 3 N–H and O–H groups in total. The highest BCUT2D eigenvalue weighted by Gasteiger charge is 2.28. The van der Waals surface area contributed by atoms with Gasteiger partial charge in [0.1, 0.15) is 29.2 Å². The van der Waals surface area contributed by atoms with Crippen LogP contribution in [0.15, 0.2) is 72.8 Å². The van der Waals surface area contributed by atoms with Gasteiger partial charge in [-0.2, -0.15) is 0 Å². The Morgan fingerprint density at radius 3 is 2.42 bits per heavy atom. The minimum Gasteiger partial charge on any atom is -0.493 e. The molecule has 1 unspecified atom stereocenters. The zero-order valence-electron chi connectivity index (χ0n) is 23.8. The van der Waals surface area contributed by atoms with Crippen molar-refractivity contribution in [3.05, 3.63) is 106 Å². The van der Waals surface area contributed by atoms with Gasteiger partial charge in [0.05, 0.1) is 16.7 Å². The number of fused-ring (bicyclic) bond motifs is 2. The van der Waals surface area contributed by atoms with Gasteiger partial charge in [0.2, 0.25) is 6.79 Å². The molecule has 0 amide bonds. The van der Waals surface area contributed by atoms with Crippen LogP contribution in [0.1, 0.15) is 30.9 Å². The van der Waals surface area contributed by atoms with Crippen molar-refractivity contribution in [3.63, 3.8) is 0 Å². The highest BCUT2D eigenvalue weighted by molar-refractivity contribution is 6.39. The number of piperidine rings is 1. The Kier molecular flexibility index (Phi) is 10.7. The number of benzene rings is 4. The number of nitrogens with one attached hydrogen (secondary N) is 1. The summed E-state index contributed by atoms with van der Waals surface area (Å²) in [6.45, 7) is 3.12. The van der Waals surface area contributed by atoms with Gasteiger partial charge in [0.15, 0.2) is 11.5 Å². The SMILES string of the molecule is C.Fc1ccc([C@@H]2CCNC[C@H]2COc2ccc3c(c2)OCO3)cc1.NCC1Cc2cc(F)cc(-c3c(Cl)cccc3Cl)c2O1. The van der Waals surface area contributed by atoms with Crippen molar-refractivity contribution in [2.24, 2.45) is 11.7 Å². The number of rotatable bonds is 6. The molecule has 0 aromatic heterocycles. The van der Waals surface area contributed by atoms with Gasteiger partial charge in [-0.25, -0.2) is 8.78 Å². The summed E-state index contributed by atoms with van der Waals surface area (Å²) in [6, 6.07) is 20.5. The van der Waals surface area contributed by atoms with Crippen LogP contribution in [0.5, 0.6) is 23.0 Å². The van der Waals surface area contributed by atoms with Crippen LogP contribution < -0.4 is 30.0 Å². The zero-order valence-corrected chi connectivity index (χ0v) is 25.3. The lowest BCUT2D eigenvalue weighted by atomic mass is 9.81. The highest BCUT2D eigenvalue weighted by atomic mass is 35.5. The van der Waals surface area contributed by atoms with Crippen LogP contribution in [0.3, 0.4) is 0 Å². The second kappa shape index (κ2) is 14.7. The first kappa shape index (κ1) is 32.8. The Hall–Kier alpha value is -3.56. The van der Waals surface area contributed by atoms with E-state index in [4.69, 9.17) is 47.9 Å². The van der Waals surface area contributed by atoms with Gasteiger partial charge in [-0.1, -0.05) is 48.8 Å². The summed E-state index contributed by atoms with van der Waals surface area (Å²) in [6.07, 6.45) is 1.49. The van der Waals surface area contributed by atoms with Gasteiger partial charge in [-0.3, -0.25) is 0 Å². The maximum Gasteiger partial charge on any atom is 0.231 e. The van der Waals surface area contributed by atoms with Crippen molar-refractivity contribution in [2.75, 3.05) is 33.0 Å². The molecule has 1 saturated heterocycles. The summed E-state index contributed by atoms with van der Waals surface area (Å²) in [7, 11) is 0. The molecule has 10 heteroatoms. The van der Waals surface area contributed by atoms with Crippen LogP contribution in [0.4, 0.5) is 8.78 Å². The van der Waals surface area contributed by atoms with Crippen molar-refractivity contribution in [1.82, 2.24) is 5.32 Å². The van der Waals surface area contributed by atoms with E-state index in [1.807, 2.05) is 30.3 Å². The molecule has 3 heterocycles. The van der Waals surface area contributed by atoms with Gasteiger partial charge in [-0.05, 0) is 73.0 Å². The third-order valence-electron chi connectivity index (χ3n) is 8.07. The molecule has 0 saturated carbocycles. The van der Waals surface area contributed by atoms with Gasteiger partial charge < -0.3 is 30.0 Å². The number of hydrogen-bond acceptors (Lipinski definition) is 6. The molecule has 4 aromatic rings. The molecule has 3 atom stereocenters. The minimum absolute atomic E-state index is 0. The Bertz CT molecular complexity index is 1600. The molecule has 0 bridgehead atoms. The highest BCUT2D eigenvalue weighted by Crippen LogP contribution is 2.44. The second-order valence-corrected chi connectivity index (χ2v) is 11.8. The maximum atomic E-state index is 13.8. The van der Waals surface area contributed by atoms with Gasteiger partial charge in [0.25, 0.3) is 0 Å². The summed E-state index contributed by atoms with van der Waals surface area (Å²) in [5.41, 5.74) is 8.77. The first-order valence-electron chi connectivity index (χ1n) is 14.5. The second-order valence-electron chi connectivity index (χ2n) is 11.0. The quantitative estimate of drug-likeness (QED) is 0.219. The molecule has 4 aromatic carbocycles. The van der Waals surface area contributed by atoms with Crippen molar-refractivity contribution in [1.29, 1.82) is 0 Å². The van der Waals surface area contributed by atoms with Crippen LogP contribution in [-0.2, 0) is 6.42 Å². The Balaban J connectivity index is 0.000000177. The summed E-state index contributed by atoms with van der Waals surface area (Å²) < 4.78 is 49.5. The van der Waals surface area contributed by atoms with E-state index < -0.39 is 0 Å². The number of ether oxygens (including phenoxy) is 4. The third kappa shape index (κ3) is 7.47. The molecule has 0 spiro atoms. The fourth-order valence-electron chi connectivity index (χ4n) is 5.88. The average molecular weight is 658 g/mol. The van der Waals surface area contributed by atoms with Crippen LogP contribution in [0, 0.1) is 17.6 Å². The molecule has 0 aliphatic carbocycles. The standard InChI is InChI=1S/C19H20FNO3.C15H12Cl2FNO.CH4/c20-15-3-1-13(2-4-15)17-7-8-21-10-14(17)11-22-16-5-6-18-19(9-16)24-12-23-18;16-12-2-1-3-13(17)14(12)11-6-9(18)4-8-5-10(7-19)20-15(8)11;/h1-6,9,14,17,21H,7-8,10-12H2;1-4,6,10H,5,7,19H2;1H4/t14-,17-;;/m0../s1. The monoisotopic (exact) mass is 656 g/mol. The lowest BCUT2D eigenvalue weighted by Gasteiger charge is -2.32. The van der Waals surface area contributed by atoms with E-state index in [1.54, 1.807) is 18.2 Å².